The van der Waals surface area contributed by atoms with Gasteiger partial charge in [-0.25, -0.2) is 14.6 Å². The summed E-state index contributed by atoms with van der Waals surface area (Å²) < 4.78 is 16.9. The minimum absolute atomic E-state index is 0.102. The van der Waals surface area contributed by atoms with Gasteiger partial charge in [0.15, 0.2) is 5.70 Å². The Bertz CT molecular complexity index is 1210. The minimum Gasteiger partial charge on any atom is -0.497 e. The molecule has 0 saturated carbocycles. The molecule has 6 nitrogen and oxygen atoms in total. The molecule has 0 saturated heterocycles. The smallest absolute Gasteiger partial charge is 0.363 e. The van der Waals surface area contributed by atoms with Gasteiger partial charge < -0.3 is 14.2 Å². The van der Waals surface area contributed by atoms with Crippen molar-refractivity contribution in [1.29, 1.82) is 0 Å². The molecule has 3 aromatic carbocycles. The van der Waals surface area contributed by atoms with Crippen molar-refractivity contribution in [1.82, 2.24) is 0 Å². The summed E-state index contributed by atoms with van der Waals surface area (Å²) >= 11 is 3.33. The second-order valence-electron chi connectivity index (χ2n) is 6.50. The maximum Gasteiger partial charge on any atom is 0.363 e. The lowest BCUT2D eigenvalue weighted by Crippen LogP contribution is -2.09. The van der Waals surface area contributed by atoms with E-state index in [1.807, 2.05) is 0 Å². The highest BCUT2D eigenvalue weighted by Crippen LogP contribution is 2.26. The Morgan fingerprint density at radius 1 is 1.03 bits per heavy atom. The number of nitrogens with zero attached hydrogens (tertiary/aromatic N) is 1. The Kier molecular flexibility index (Phi) is 5.95. The predicted octanol–water partition coefficient (Wildman–Crippen LogP) is 5.02. The largest absolute Gasteiger partial charge is 0.497 e. The van der Waals surface area contributed by atoms with Gasteiger partial charge in [-0.1, -0.05) is 40.2 Å². The number of hydrogen-bond donors (Lipinski definition) is 0. The van der Waals surface area contributed by atoms with Crippen LogP contribution in [0.5, 0.6) is 11.5 Å². The number of rotatable bonds is 5. The molecule has 1 heterocycles. The summed E-state index contributed by atoms with van der Waals surface area (Å²) in [6.45, 7) is 0. The van der Waals surface area contributed by atoms with Crippen LogP contribution in [0.2, 0.25) is 0 Å². The molecule has 0 bridgehead atoms. The Labute approximate surface area is 186 Å². The molecule has 0 N–H and O–H groups in total. The molecule has 1 aliphatic rings. The van der Waals surface area contributed by atoms with E-state index in [9.17, 15) is 9.59 Å². The van der Waals surface area contributed by atoms with Crippen LogP contribution in [0, 0.1) is 0 Å². The van der Waals surface area contributed by atoms with Gasteiger partial charge in [0.1, 0.15) is 11.5 Å². The van der Waals surface area contributed by atoms with E-state index in [-0.39, 0.29) is 11.6 Å². The van der Waals surface area contributed by atoms with E-state index in [4.69, 9.17) is 14.2 Å². The zero-order valence-electron chi connectivity index (χ0n) is 16.4. The lowest BCUT2D eigenvalue weighted by molar-refractivity contribution is -0.129. The van der Waals surface area contributed by atoms with E-state index in [2.05, 4.69) is 20.9 Å². The number of esters is 2. The van der Waals surface area contributed by atoms with Crippen molar-refractivity contribution in [3.8, 4) is 11.5 Å². The fourth-order valence-electron chi connectivity index (χ4n) is 2.87. The van der Waals surface area contributed by atoms with Crippen molar-refractivity contribution in [2.45, 2.75) is 0 Å². The summed E-state index contributed by atoms with van der Waals surface area (Å²) in [5.74, 6) is 0.0129. The van der Waals surface area contributed by atoms with Crippen molar-refractivity contribution >= 4 is 39.8 Å². The van der Waals surface area contributed by atoms with Crippen LogP contribution in [-0.4, -0.2) is 24.9 Å². The second-order valence-corrected chi connectivity index (χ2v) is 7.42. The summed E-state index contributed by atoms with van der Waals surface area (Å²) in [5, 5.41) is 0. The molecule has 0 spiro atoms. The third-order valence-electron chi connectivity index (χ3n) is 4.43. The molecule has 0 amide bonds. The average molecular weight is 478 g/mol. The molecule has 0 aromatic heterocycles. The van der Waals surface area contributed by atoms with E-state index < -0.39 is 11.9 Å². The van der Waals surface area contributed by atoms with Gasteiger partial charge in [0, 0.05) is 15.6 Å². The zero-order valence-corrected chi connectivity index (χ0v) is 18.0. The lowest BCUT2D eigenvalue weighted by atomic mass is 10.1. The highest BCUT2D eigenvalue weighted by molar-refractivity contribution is 9.10. The first-order valence-electron chi connectivity index (χ1n) is 9.27. The van der Waals surface area contributed by atoms with Crippen molar-refractivity contribution in [2.24, 2.45) is 4.99 Å². The molecular weight excluding hydrogens is 462 g/mol. The molecule has 0 fully saturated rings. The Morgan fingerprint density at radius 3 is 2.58 bits per heavy atom. The van der Waals surface area contributed by atoms with E-state index in [0.29, 0.717) is 28.2 Å². The number of aliphatic imine (C=N–C) groups is 1. The first kappa shape index (κ1) is 20.6. The number of hydrogen-bond acceptors (Lipinski definition) is 6. The van der Waals surface area contributed by atoms with Gasteiger partial charge in [-0.3, -0.25) is 0 Å². The van der Waals surface area contributed by atoms with Gasteiger partial charge in [-0.2, -0.15) is 0 Å². The van der Waals surface area contributed by atoms with Crippen LogP contribution < -0.4 is 9.47 Å². The van der Waals surface area contributed by atoms with Gasteiger partial charge in [0.2, 0.25) is 5.90 Å². The van der Waals surface area contributed by atoms with Gasteiger partial charge >= 0.3 is 11.9 Å². The molecule has 0 atom stereocenters. The molecule has 154 valence electrons. The summed E-state index contributed by atoms with van der Waals surface area (Å²) in [4.78, 5) is 29.1. The van der Waals surface area contributed by atoms with Crippen LogP contribution in [0.1, 0.15) is 21.5 Å². The summed E-state index contributed by atoms with van der Waals surface area (Å²) in [6.07, 6.45) is 1.53. The summed E-state index contributed by atoms with van der Waals surface area (Å²) in [5.41, 5.74) is 1.65. The first-order chi connectivity index (χ1) is 15.0. The Morgan fingerprint density at radius 2 is 1.81 bits per heavy atom. The molecule has 7 heteroatoms. The number of methoxy groups -OCH3 is 1. The highest BCUT2D eigenvalue weighted by Gasteiger charge is 2.25. The van der Waals surface area contributed by atoms with Crippen LogP contribution in [0.4, 0.5) is 0 Å². The standard InChI is InChI=1S/C24H16BrNO5/c1-29-19-7-4-6-17(13-19)22-26-20(24(28)31-22)14-16-5-2-3-8-21(16)30-23(27)15-9-11-18(25)12-10-15/h2-14H,1H3/b20-14-. The fraction of sp³-hybridized carbons (Fsp3) is 0.0417. The molecular formula is C24H16BrNO5. The molecule has 0 aliphatic carbocycles. The van der Waals surface area contributed by atoms with Crippen LogP contribution in [-0.2, 0) is 9.53 Å². The maximum absolute atomic E-state index is 12.5. The molecule has 0 radical (unpaired) electrons. The van der Waals surface area contributed by atoms with E-state index in [1.54, 1.807) is 79.9 Å². The molecule has 4 rings (SSSR count). The quantitative estimate of drug-likeness (QED) is 0.293. The van der Waals surface area contributed by atoms with Gasteiger partial charge in [0.05, 0.1) is 12.7 Å². The van der Waals surface area contributed by atoms with Crippen LogP contribution in [0.25, 0.3) is 6.08 Å². The van der Waals surface area contributed by atoms with Crippen LogP contribution in [0.3, 0.4) is 0 Å². The van der Waals surface area contributed by atoms with Crippen molar-refractivity contribution in [3.05, 3.63) is 99.7 Å². The monoisotopic (exact) mass is 477 g/mol. The minimum atomic E-state index is -0.591. The van der Waals surface area contributed by atoms with Crippen molar-refractivity contribution in [3.63, 3.8) is 0 Å². The SMILES string of the molecule is COc1cccc(C2=N/C(=C\c3ccccc3OC(=O)c3ccc(Br)cc3)C(=O)O2)c1. The molecule has 1 aliphatic heterocycles. The fourth-order valence-corrected chi connectivity index (χ4v) is 3.14. The van der Waals surface area contributed by atoms with E-state index in [1.165, 1.54) is 6.08 Å². The number of carbonyl (C=O) groups is 2. The topological polar surface area (TPSA) is 74.2 Å². The number of carbonyl (C=O) groups excluding carboxylic acids is 2. The van der Waals surface area contributed by atoms with Gasteiger partial charge in [0.25, 0.3) is 0 Å². The number of cyclic esters (lactones) is 1. The lowest BCUT2D eigenvalue weighted by Gasteiger charge is -2.07. The van der Waals surface area contributed by atoms with Gasteiger partial charge in [-0.05, 0) is 54.6 Å². The Hall–Kier alpha value is -3.71. The highest BCUT2D eigenvalue weighted by atomic mass is 79.9. The van der Waals surface area contributed by atoms with Crippen molar-refractivity contribution < 1.29 is 23.8 Å². The number of halogens is 1. The summed E-state index contributed by atoms with van der Waals surface area (Å²) in [7, 11) is 1.55. The number of ether oxygens (including phenoxy) is 3. The van der Waals surface area contributed by atoms with E-state index in [0.717, 1.165) is 4.47 Å². The first-order valence-corrected chi connectivity index (χ1v) is 10.1. The number of para-hydroxylation sites is 1. The molecule has 31 heavy (non-hydrogen) atoms. The Balaban J connectivity index is 1.61. The van der Waals surface area contributed by atoms with E-state index >= 15 is 0 Å². The third kappa shape index (κ3) is 4.73. The summed E-state index contributed by atoms with van der Waals surface area (Å²) in [6, 6.07) is 20.8. The normalized spacial score (nSPS) is 14.2. The van der Waals surface area contributed by atoms with Crippen LogP contribution in [0.15, 0.2) is 88.0 Å². The van der Waals surface area contributed by atoms with Crippen LogP contribution >= 0.6 is 15.9 Å². The molecule has 3 aromatic rings. The third-order valence-corrected chi connectivity index (χ3v) is 4.96. The second kappa shape index (κ2) is 8.97. The average Bonchev–Trinajstić information content (AvgIpc) is 3.16. The van der Waals surface area contributed by atoms with Gasteiger partial charge in [-0.15, -0.1) is 0 Å². The number of benzene rings is 3. The molecule has 0 unspecified atom stereocenters. The predicted molar refractivity (Wildman–Crippen MR) is 119 cm³/mol. The maximum atomic E-state index is 12.5. The van der Waals surface area contributed by atoms with Crippen molar-refractivity contribution in [2.75, 3.05) is 7.11 Å². The zero-order chi connectivity index (χ0) is 21.8.